The van der Waals surface area contributed by atoms with E-state index >= 15 is 0 Å². The van der Waals surface area contributed by atoms with Crippen molar-refractivity contribution in [2.24, 2.45) is 0 Å². The van der Waals surface area contributed by atoms with Gasteiger partial charge in [0.25, 0.3) is 0 Å². The molecule has 0 bridgehead atoms. The van der Waals surface area contributed by atoms with Crippen molar-refractivity contribution in [2.45, 2.75) is 4.48 Å². The van der Waals surface area contributed by atoms with Gasteiger partial charge in [-0.25, -0.2) is 0 Å². The van der Waals surface area contributed by atoms with E-state index in [0.29, 0.717) is 0 Å². The molecule has 0 nitrogen and oxygen atoms in total. The Morgan fingerprint density at radius 3 is 1.25 bits per heavy atom. The van der Waals surface area contributed by atoms with Gasteiger partial charge in [0.1, 0.15) is 0 Å². The van der Waals surface area contributed by atoms with Gasteiger partial charge < -0.3 is 0 Å². The van der Waals surface area contributed by atoms with Crippen molar-refractivity contribution in [3.63, 3.8) is 0 Å². The molecule has 26 valence electrons. The summed E-state index contributed by atoms with van der Waals surface area (Å²) in [4.78, 5) is 0. The van der Waals surface area contributed by atoms with Gasteiger partial charge in [0.15, 0.2) is 17.4 Å². The summed E-state index contributed by atoms with van der Waals surface area (Å²) in [6.07, 6.45) is 0. The summed E-state index contributed by atoms with van der Waals surface area (Å²) < 4.78 is 2.17. The van der Waals surface area contributed by atoms with Gasteiger partial charge in [-0.3, -0.25) is 0 Å². The Labute approximate surface area is 64.0 Å². The summed E-state index contributed by atoms with van der Waals surface area (Å²) >= 11 is 1.17. The molecular formula is CH7AlFePb. The van der Waals surface area contributed by atoms with E-state index in [-0.39, 0.29) is 34.4 Å². The third-order valence-corrected chi connectivity index (χ3v) is 0. The maximum absolute atomic E-state index is 2.17. The Hall–Kier alpha value is 1.97. The second kappa shape index (κ2) is 20.2. The first-order chi connectivity index (χ1) is 1.00. The molecule has 4 heavy (non-hydrogen) atoms. The average molecular weight is 309 g/mol. The molecule has 0 rings (SSSR count). The van der Waals surface area contributed by atoms with Gasteiger partial charge in [-0.1, -0.05) is 0 Å². The standard InChI is InChI=1S/CH3.Al.Fe.Pb.4H/h1H3;;;;;;;. The van der Waals surface area contributed by atoms with Crippen molar-refractivity contribution in [2.75, 3.05) is 0 Å². The fraction of sp³-hybridized carbons (Fsp3) is 1.00. The van der Waals surface area contributed by atoms with E-state index in [1.54, 1.807) is 0 Å². The normalized spacial score (nSPS) is 1.50. The first-order valence-electron chi connectivity index (χ1n) is 0.577. The summed E-state index contributed by atoms with van der Waals surface area (Å²) in [5.74, 6) is 0. The van der Waals surface area contributed by atoms with Crippen LogP contribution < -0.4 is 0 Å². The van der Waals surface area contributed by atoms with Crippen LogP contribution in [0.1, 0.15) is 0 Å². The molecule has 0 N–H and O–H groups in total. The van der Waals surface area contributed by atoms with Gasteiger partial charge in [-0.05, 0) is 0 Å². The molecule has 0 aliphatic rings. The maximum atomic E-state index is 2.17. The third-order valence-electron chi connectivity index (χ3n) is 0. The maximum Gasteiger partial charge on any atom is 0 e. The predicted molar refractivity (Wildman–Crippen MR) is 23.0 cm³/mol. The van der Waals surface area contributed by atoms with Gasteiger partial charge in [-0.15, -0.1) is 0 Å². The largest absolute Gasteiger partial charge is 0 e. The Bertz CT molecular complexity index is 8.00. The quantitative estimate of drug-likeness (QED) is 0.491. The number of hydrogen-bond acceptors (Lipinski definition) is 0. The minimum absolute atomic E-state index is 0. The fourth-order valence-corrected chi connectivity index (χ4v) is 0. The van der Waals surface area contributed by atoms with Crippen molar-refractivity contribution >= 4 is 43.1 Å². The van der Waals surface area contributed by atoms with Crippen LogP contribution in [0.2, 0.25) is 4.48 Å². The van der Waals surface area contributed by atoms with E-state index in [4.69, 9.17) is 0 Å². The molecule has 0 saturated heterocycles. The van der Waals surface area contributed by atoms with Crippen LogP contribution in [0.5, 0.6) is 0 Å². The molecular weight excluding hydrogens is 302 g/mol. The molecule has 2 radical (unpaired) electrons. The van der Waals surface area contributed by atoms with Crippen molar-refractivity contribution in [3.05, 3.63) is 0 Å². The monoisotopic (exact) mass is 310 g/mol. The van der Waals surface area contributed by atoms with Crippen LogP contribution in [0.3, 0.4) is 0 Å². The third kappa shape index (κ3) is 9.02. The first-order valence-corrected chi connectivity index (χ1v) is 5.07. The molecule has 3 heteroatoms. The zero-order valence-electron chi connectivity index (χ0n) is 1.93. The van der Waals surface area contributed by atoms with Crippen LogP contribution in [0.4, 0.5) is 0 Å². The van der Waals surface area contributed by atoms with E-state index < -0.39 is 0 Å². The van der Waals surface area contributed by atoms with Crippen molar-refractivity contribution in [1.29, 1.82) is 0 Å². The second-order valence-corrected chi connectivity index (χ2v) is 0. The minimum Gasteiger partial charge on any atom is 0 e. The molecule has 0 aromatic rings. The SMILES string of the molecule is [AlH3].[CH3][PbH].[Fe]. The molecule has 0 aliphatic carbocycles. The smallest absolute Gasteiger partial charge is 0 e. The van der Waals surface area contributed by atoms with Gasteiger partial charge in [-0.2, -0.15) is 0 Å². The molecule has 0 unspecified atom stereocenters. The van der Waals surface area contributed by atoms with Crippen molar-refractivity contribution in [3.8, 4) is 0 Å². The van der Waals surface area contributed by atoms with Gasteiger partial charge in [0, 0.05) is 17.1 Å². The van der Waals surface area contributed by atoms with E-state index in [1.807, 2.05) is 0 Å². The number of rotatable bonds is 0. The van der Waals surface area contributed by atoms with E-state index in [2.05, 4.69) is 4.48 Å². The summed E-state index contributed by atoms with van der Waals surface area (Å²) in [6, 6.07) is 0. The Morgan fingerprint density at radius 1 is 1.25 bits per heavy atom. The van der Waals surface area contributed by atoms with Crippen LogP contribution in [0, 0.1) is 0 Å². The summed E-state index contributed by atoms with van der Waals surface area (Å²) in [5, 5.41) is 0. The van der Waals surface area contributed by atoms with Crippen LogP contribution in [0.15, 0.2) is 0 Å². The zero-order chi connectivity index (χ0) is 2.00. The Morgan fingerprint density at radius 2 is 1.25 bits per heavy atom. The molecule has 0 saturated carbocycles. The van der Waals surface area contributed by atoms with Gasteiger partial charge in [0.05, 0.1) is 0 Å². The van der Waals surface area contributed by atoms with Crippen molar-refractivity contribution in [1.82, 2.24) is 0 Å². The zero-order valence-corrected chi connectivity index (χ0v) is 7.52. The molecule has 0 aliphatic heterocycles. The van der Waals surface area contributed by atoms with Crippen LogP contribution in [-0.2, 0) is 17.1 Å². The summed E-state index contributed by atoms with van der Waals surface area (Å²) in [5.41, 5.74) is 0. The molecule has 0 heterocycles. The number of hydrogen-bond donors (Lipinski definition) is 0. The first kappa shape index (κ1) is 16.7. The fourth-order valence-electron chi connectivity index (χ4n) is 0. The summed E-state index contributed by atoms with van der Waals surface area (Å²) in [6.45, 7) is 0. The van der Waals surface area contributed by atoms with E-state index in [9.17, 15) is 0 Å². The molecule has 0 atom stereocenters. The molecule has 0 aromatic carbocycles. The molecule has 0 aromatic heterocycles. The Kier molecular flexibility index (Phi) is 84.2. The molecule has 0 fully saturated rings. The summed E-state index contributed by atoms with van der Waals surface area (Å²) in [7, 11) is 0. The van der Waals surface area contributed by atoms with Crippen molar-refractivity contribution < 1.29 is 17.1 Å². The van der Waals surface area contributed by atoms with E-state index in [1.165, 1.54) is 25.8 Å². The topological polar surface area (TPSA) is 0 Å². The van der Waals surface area contributed by atoms with Crippen LogP contribution in [-0.4, -0.2) is 43.1 Å². The molecule has 0 amide bonds. The van der Waals surface area contributed by atoms with Crippen LogP contribution >= 0.6 is 0 Å². The molecule has 0 spiro atoms. The minimum atomic E-state index is 0. The predicted octanol–water partition coefficient (Wildman–Crippen LogP) is -1.25. The second-order valence-electron chi connectivity index (χ2n) is 0. The van der Waals surface area contributed by atoms with Gasteiger partial charge >= 0.3 is 30.3 Å². The van der Waals surface area contributed by atoms with E-state index in [0.717, 1.165) is 0 Å². The Balaban J connectivity index is -0.00000000500. The van der Waals surface area contributed by atoms with Gasteiger partial charge in [0.2, 0.25) is 0 Å². The van der Waals surface area contributed by atoms with Crippen LogP contribution in [0.25, 0.3) is 0 Å². The average Bonchev–Trinajstić information content (AvgIpc) is 1.00.